The molecule has 0 saturated carbocycles. The van der Waals surface area contributed by atoms with Gasteiger partial charge in [-0.05, 0) is 44.0 Å². The van der Waals surface area contributed by atoms with Crippen LogP contribution < -0.4 is 4.74 Å². The fraction of sp³-hybridized carbons (Fsp3) is 0.471. The Morgan fingerprint density at radius 2 is 2.08 bits per heavy atom. The van der Waals surface area contributed by atoms with E-state index in [0.717, 1.165) is 25.2 Å². The average molecular weight is 337 g/mol. The van der Waals surface area contributed by atoms with Crippen molar-refractivity contribution in [3.63, 3.8) is 0 Å². The number of ether oxygens (including phenoxy) is 1. The van der Waals surface area contributed by atoms with E-state index < -0.39 is 6.36 Å². The lowest BCUT2D eigenvalue weighted by Crippen LogP contribution is -2.22. The number of halogens is 3. The van der Waals surface area contributed by atoms with Crippen LogP contribution in [0.4, 0.5) is 13.2 Å². The molecule has 2 unspecified atom stereocenters. The highest BCUT2D eigenvalue weighted by molar-refractivity contribution is 5.67. The fourth-order valence-corrected chi connectivity index (χ4v) is 3.89. The largest absolute Gasteiger partial charge is 0.573 e. The lowest BCUT2D eigenvalue weighted by Gasteiger charge is -2.12. The molecule has 2 fully saturated rings. The number of aromatic nitrogens is 2. The third-order valence-electron chi connectivity index (χ3n) is 4.94. The zero-order valence-corrected chi connectivity index (χ0v) is 13.0. The predicted octanol–water partition coefficient (Wildman–Crippen LogP) is 3.93. The molecular weight excluding hydrogens is 319 g/mol. The van der Waals surface area contributed by atoms with E-state index in [2.05, 4.69) is 19.8 Å². The number of H-pyrrole nitrogens is 1. The Labute approximate surface area is 137 Å². The summed E-state index contributed by atoms with van der Waals surface area (Å²) >= 11 is 0. The maximum atomic E-state index is 12.6. The molecule has 1 aromatic heterocycles. The summed E-state index contributed by atoms with van der Waals surface area (Å²) in [6.07, 6.45) is -1.14. The summed E-state index contributed by atoms with van der Waals surface area (Å²) in [6, 6.07) is 8.59. The maximum absolute atomic E-state index is 12.6. The minimum Gasteiger partial charge on any atom is -0.405 e. The van der Waals surface area contributed by atoms with Crippen molar-refractivity contribution in [2.45, 2.75) is 37.6 Å². The van der Waals surface area contributed by atoms with Crippen LogP contribution >= 0.6 is 0 Å². The molecule has 2 saturated heterocycles. The molecule has 2 atom stereocenters. The van der Waals surface area contributed by atoms with Gasteiger partial charge >= 0.3 is 6.36 Å². The van der Waals surface area contributed by atoms with E-state index in [9.17, 15) is 13.2 Å². The molecule has 128 valence electrons. The van der Waals surface area contributed by atoms with Crippen LogP contribution in [0.3, 0.4) is 0 Å². The second kappa shape index (κ2) is 5.81. The molecule has 2 aliphatic rings. The van der Waals surface area contributed by atoms with Gasteiger partial charge in [-0.3, -0.25) is 10.00 Å². The number of hydrogen-bond donors (Lipinski definition) is 1. The van der Waals surface area contributed by atoms with Crippen molar-refractivity contribution in [2.75, 3.05) is 13.1 Å². The van der Waals surface area contributed by atoms with Crippen LogP contribution in [-0.2, 0) is 0 Å². The highest BCUT2D eigenvalue weighted by Crippen LogP contribution is 2.38. The monoisotopic (exact) mass is 337 g/mol. The summed E-state index contributed by atoms with van der Waals surface area (Å²) in [7, 11) is 0. The number of nitrogens with zero attached hydrogens (tertiary/aromatic N) is 2. The molecule has 1 N–H and O–H groups in total. The number of hydrogen-bond acceptors (Lipinski definition) is 3. The van der Waals surface area contributed by atoms with Crippen molar-refractivity contribution >= 4 is 0 Å². The van der Waals surface area contributed by atoms with Gasteiger partial charge in [0, 0.05) is 29.8 Å². The van der Waals surface area contributed by atoms with Crippen LogP contribution in [0.1, 0.15) is 30.9 Å². The van der Waals surface area contributed by atoms with E-state index in [0.29, 0.717) is 23.2 Å². The third-order valence-corrected chi connectivity index (χ3v) is 4.94. The first-order valence-corrected chi connectivity index (χ1v) is 8.14. The number of alkyl halides is 3. The molecule has 0 bridgehead atoms. The Bertz CT molecular complexity index is 716. The van der Waals surface area contributed by atoms with Crippen molar-refractivity contribution < 1.29 is 17.9 Å². The number of aromatic amines is 1. The highest BCUT2D eigenvalue weighted by atomic mass is 19.4. The van der Waals surface area contributed by atoms with Gasteiger partial charge in [0.1, 0.15) is 5.75 Å². The first-order chi connectivity index (χ1) is 11.5. The molecule has 0 radical (unpaired) electrons. The molecule has 0 amide bonds. The molecule has 3 heterocycles. The Balaban J connectivity index is 1.57. The zero-order chi connectivity index (χ0) is 16.7. The van der Waals surface area contributed by atoms with Gasteiger partial charge in [-0.15, -0.1) is 13.2 Å². The third kappa shape index (κ3) is 3.00. The molecule has 1 aromatic carbocycles. The zero-order valence-electron chi connectivity index (χ0n) is 13.0. The summed E-state index contributed by atoms with van der Waals surface area (Å²) in [4.78, 5) is 2.49. The minimum absolute atomic E-state index is 0.227. The van der Waals surface area contributed by atoms with Gasteiger partial charge in [-0.25, -0.2) is 0 Å². The molecule has 2 aromatic rings. The van der Waals surface area contributed by atoms with E-state index in [-0.39, 0.29) is 5.75 Å². The number of rotatable bonds is 3. The average Bonchev–Trinajstić information content (AvgIpc) is 3.21. The van der Waals surface area contributed by atoms with E-state index in [1.165, 1.54) is 25.0 Å². The molecule has 4 rings (SSSR count). The summed E-state index contributed by atoms with van der Waals surface area (Å²) in [5.74, 6) is 0.141. The van der Waals surface area contributed by atoms with E-state index in [1.54, 1.807) is 12.1 Å². The van der Waals surface area contributed by atoms with Crippen molar-refractivity contribution in [1.29, 1.82) is 0 Å². The van der Waals surface area contributed by atoms with E-state index >= 15 is 0 Å². The van der Waals surface area contributed by atoms with Gasteiger partial charge in [0.05, 0.1) is 5.69 Å². The van der Waals surface area contributed by atoms with Crippen LogP contribution in [0.15, 0.2) is 30.3 Å². The van der Waals surface area contributed by atoms with Crippen molar-refractivity contribution in [2.24, 2.45) is 0 Å². The molecule has 4 nitrogen and oxygen atoms in total. The number of benzene rings is 1. The first kappa shape index (κ1) is 15.5. The summed E-state index contributed by atoms with van der Waals surface area (Å²) < 4.78 is 41.8. The highest BCUT2D eigenvalue weighted by Gasteiger charge is 2.37. The number of nitrogens with one attached hydrogen (secondary N) is 1. The Hall–Kier alpha value is -2.02. The number of para-hydroxylation sites is 1. The van der Waals surface area contributed by atoms with E-state index in [1.807, 2.05) is 6.07 Å². The summed E-state index contributed by atoms with van der Waals surface area (Å²) in [6.45, 7) is 2.14. The topological polar surface area (TPSA) is 41.1 Å². The van der Waals surface area contributed by atoms with Gasteiger partial charge < -0.3 is 4.74 Å². The van der Waals surface area contributed by atoms with Gasteiger partial charge in [-0.2, -0.15) is 5.10 Å². The maximum Gasteiger partial charge on any atom is 0.573 e. The SMILES string of the molecule is FC(F)(F)Oc1ccccc1-c1cc(C2CC3CCCN3C2)[nH]n1. The number of fused-ring (bicyclic) bond motifs is 1. The Morgan fingerprint density at radius 3 is 2.88 bits per heavy atom. The van der Waals surface area contributed by atoms with Gasteiger partial charge in [0.25, 0.3) is 0 Å². The van der Waals surface area contributed by atoms with Crippen molar-refractivity contribution in [3.05, 3.63) is 36.0 Å². The van der Waals surface area contributed by atoms with Crippen LogP contribution in [0, 0.1) is 0 Å². The standard InChI is InChI=1S/C17H18F3N3O/c18-17(19,20)24-16-6-2-1-5-13(16)15-9-14(21-22-15)11-8-12-4-3-7-23(12)10-11/h1-2,5-6,9,11-12H,3-4,7-8,10H2,(H,21,22). The first-order valence-electron chi connectivity index (χ1n) is 8.14. The van der Waals surface area contributed by atoms with Crippen molar-refractivity contribution in [1.82, 2.24) is 15.1 Å². The Kier molecular flexibility index (Phi) is 3.75. The van der Waals surface area contributed by atoms with Crippen LogP contribution in [0.2, 0.25) is 0 Å². The molecule has 2 aliphatic heterocycles. The smallest absolute Gasteiger partial charge is 0.405 e. The minimum atomic E-state index is -4.72. The second-order valence-electron chi connectivity index (χ2n) is 6.48. The fourth-order valence-electron chi connectivity index (χ4n) is 3.89. The molecule has 7 heteroatoms. The van der Waals surface area contributed by atoms with Gasteiger partial charge in [0.15, 0.2) is 0 Å². The summed E-state index contributed by atoms with van der Waals surface area (Å²) in [5, 5.41) is 7.24. The molecule has 24 heavy (non-hydrogen) atoms. The summed E-state index contributed by atoms with van der Waals surface area (Å²) in [5.41, 5.74) is 1.81. The predicted molar refractivity (Wildman–Crippen MR) is 82.7 cm³/mol. The lowest BCUT2D eigenvalue weighted by molar-refractivity contribution is -0.274. The lowest BCUT2D eigenvalue weighted by atomic mass is 9.99. The quantitative estimate of drug-likeness (QED) is 0.923. The molecule has 0 aliphatic carbocycles. The van der Waals surface area contributed by atoms with Gasteiger partial charge in [0.2, 0.25) is 0 Å². The van der Waals surface area contributed by atoms with Gasteiger partial charge in [-0.1, -0.05) is 12.1 Å². The normalized spacial score (nSPS) is 24.3. The second-order valence-corrected chi connectivity index (χ2v) is 6.48. The van der Waals surface area contributed by atoms with E-state index in [4.69, 9.17) is 0 Å². The molecular formula is C17H18F3N3O. The Morgan fingerprint density at radius 1 is 1.25 bits per heavy atom. The van der Waals surface area contributed by atoms with Crippen molar-refractivity contribution in [3.8, 4) is 17.0 Å². The van der Waals surface area contributed by atoms with Crippen LogP contribution in [-0.4, -0.2) is 40.6 Å². The molecule has 0 spiro atoms. The van der Waals surface area contributed by atoms with Crippen LogP contribution in [0.25, 0.3) is 11.3 Å². The van der Waals surface area contributed by atoms with Crippen LogP contribution in [0.5, 0.6) is 5.75 Å².